The van der Waals surface area contributed by atoms with E-state index in [2.05, 4.69) is 11.9 Å². The van der Waals surface area contributed by atoms with Crippen LogP contribution in [0.1, 0.15) is 24.0 Å². The molecule has 1 aliphatic heterocycles. The molecule has 0 saturated carbocycles. The predicted octanol–water partition coefficient (Wildman–Crippen LogP) is 0.808. The Bertz CT molecular complexity index is 377. The average molecular weight is 239 g/mol. The Labute approximate surface area is 99.5 Å². The van der Waals surface area contributed by atoms with E-state index >= 15 is 0 Å². The number of carbonyl (C=O) groups is 1. The Morgan fingerprint density at radius 3 is 3.12 bits per heavy atom. The molecule has 16 heavy (non-hydrogen) atoms. The lowest BCUT2D eigenvalue weighted by atomic mass is 10.3. The van der Waals surface area contributed by atoms with E-state index < -0.39 is 0 Å². The molecule has 1 aliphatic rings. The van der Waals surface area contributed by atoms with Gasteiger partial charge in [0.05, 0.1) is 17.1 Å². The Hall–Kier alpha value is -0.940. The minimum atomic E-state index is 0.154. The summed E-state index contributed by atoms with van der Waals surface area (Å²) in [5.74, 6) is 0.154. The van der Waals surface area contributed by atoms with Crippen molar-refractivity contribution < 1.29 is 4.79 Å². The second-order valence-electron chi connectivity index (χ2n) is 4.15. The molecule has 0 radical (unpaired) electrons. The zero-order valence-corrected chi connectivity index (χ0v) is 10.3. The van der Waals surface area contributed by atoms with Gasteiger partial charge in [0, 0.05) is 24.5 Å². The molecule has 1 saturated heterocycles. The summed E-state index contributed by atoms with van der Waals surface area (Å²) >= 11 is 1.63. The van der Waals surface area contributed by atoms with Crippen molar-refractivity contribution >= 4 is 17.2 Å². The molecule has 1 aromatic heterocycles. The number of hydrogen-bond donors (Lipinski definition) is 1. The largest absolute Gasteiger partial charge is 0.341 e. The fourth-order valence-electron chi connectivity index (χ4n) is 1.87. The minimum Gasteiger partial charge on any atom is -0.341 e. The van der Waals surface area contributed by atoms with Crippen LogP contribution in [-0.4, -0.2) is 34.9 Å². The van der Waals surface area contributed by atoms with Gasteiger partial charge in [-0.2, -0.15) is 0 Å². The molecule has 2 heterocycles. The highest BCUT2D eigenvalue weighted by atomic mass is 32.1. The second kappa shape index (κ2) is 4.93. The summed E-state index contributed by atoms with van der Waals surface area (Å²) in [5.41, 5.74) is 6.67. The maximum Gasteiger partial charge on any atom is 0.228 e. The molecule has 0 aromatic carbocycles. The molecule has 1 amide bonds. The van der Waals surface area contributed by atoms with E-state index in [0.717, 1.165) is 30.1 Å². The molecule has 1 fully saturated rings. The third-order valence-corrected chi connectivity index (χ3v) is 3.85. The Morgan fingerprint density at radius 2 is 2.56 bits per heavy atom. The topological polar surface area (TPSA) is 59.2 Å². The lowest BCUT2D eigenvalue weighted by molar-refractivity contribution is -0.129. The highest BCUT2D eigenvalue weighted by Gasteiger charge is 2.23. The van der Waals surface area contributed by atoms with Crippen molar-refractivity contribution in [3.63, 3.8) is 0 Å². The zero-order valence-electron chi connectivity index (χ0n) is 9.48. The molecule has 0 aliphatic carbocycles. The summed E-state index contributed by atoms with van der Waals surface area (Å²) in [5, 5.41) is 3.08. The summed E-state index contributed by atoms with van der Waals surface area (Å²) in [6, 6.07) is 0.158. The number of nitrogens with two attached hydrogens (primary N) is 1. The van der Waals surface area contributed by atoms with Gasteiger partial charge >= 0.3 is 0 Å². The fourth-order valence-corrected chi connectivity index (χ4v) is 2.62. The van der Waals surface area contributed by atoms with Crippen LogP contribution in [0.25, 0.3) is 0 Å². The quantitative estimate of drug-likeness (QED) is 0.849. The van der Waals surface area contributed by atoms with E-state index in [-0.39, 0.29) is 11.9 Å². The van der Waals surface area contributed by atoms with Crippen molar-refractivity contribution in [2.75, 3.05) is 13.1 Å². The SMILES string of the molecule is CCc1nc(CC(=O)N2CC[C@@H](N)C2)cs1. The van der Waals surface area contributed by atoms with Crippen LogP contribution in [-0.2, 0) is 17.6 Å². The first-order valence-electron chi connectivity index (χ1n) is 5.65. The van der Waals surface area contributed by atoms with Crippen LogP contribution >= 0.6 is 11.3 Å². The van der Waals surface area contributed by atoms with Gasteiger partial charge < -0.3 is 10.6 Å². The summed E-state index contributed by atoms with van der Waals surface area (Å²) in [6.45, 7) is 3.57. The third-order valence-electron chi connectivity index (χ3n) is 2.81. The van der Waals surface area contributed by atoms with E-state index in [4.69, 9.17) is 5.73 Å². The highest BCUT2D eigenvalue weighted by molar-refractivity contribution is 7.09. The van der Waals surface area contributed by atoms with Crippen LogP contribution in [0.5, 0.6) is 0 Å². The zero-order chi connectivity index (χ0) is 11.5. The van der Waals surface area contributed by atoms with E-state index in [0.29, 0.717) is 13.0 Å². The maximum atomic E-state index is 11.9. The van der Waals surface area contributed by atoms with Gasteiger partial charge in [0.1, 0.15) is 0 Å². The van der Waals surface area contributed by atoms with Gasteiger partial charge in [-0.15, -0.1) is 11.3 Å². The first-order valence-corrected chi connectivity index (χ1v) is 6.53. The Kier molecular flexibility index (Phi) is 3.56. The normalized spacial score (nSPS) is 20.4. The molecule has 2 rings (SSSR count). The van der Waals surface area contributed by atoms with Crippen LogP contribution in [0.3, 0.4) is 0 Å². The number of thiazole rings is 1. The van der Waals surface area contributed by atoms with Crippen molar-refractivity contribution in [3.05, 3.63) is 16.1 Å². The molecule has 1 aromatic rings. The molecule has 5 heteroatoms. The second-order valence-corrected chi connectivity index (χ2v) is 5.09. The number of likely N-dealkylation sites (tertiary alicyclic amines) is 1. The summed E-state index contributed by atoms with van der Waals surface area (Å²) < 4.78 is 0. The first-order chi connectivity index (χ1) is 7.69. The Balaban J connectivity index is 1.91. The van der Waals surface area contributed by atoms with Crippen LogP contribution in [0.2, 0.25) is 0 Å². The number of nitrogens with zero attached hydrogens (tertiary/aromatic N) is 2. The van der Waals surface area contributed by atoms with Crippen LogP contribution in [0.4, 0.5) is 0 Å². The molecular weight excluding hydrogens is 222 g/mol. The maximum absolute atomic E-state index is 11.9. The molecule has 2 N–H and O–H groups in total. The molecule has 1 atom stereocenters. The van der Waals surface area contributed by atoms with Gasteiger partial charge in [-0.3, -0.25) is 4.79 Å². The molecule has 0 bridgehead atoms. The number of carbonyl (C=O) groups excluding carboxylic acids is 1. The van der Waals surface area contributed by atoms with Crippen molar-refractivity contribution in [1.82, 2.24) is 9.88 Å². The summed E-state index contributed by atoms with van der Waals surface area (Å²) in [4.78, 5) is 18.1. The molecule has 4 nitrogen and oxygen atoms in total. The Morgan fingerprint density at radius 1 is 1.75 bits per heavy atom. The third kappa shape index (κ3) is 2.59. The standard InChI is InChI=1S/C11H17N3OS/c1-2-10-13-9(7-16-10)5-11(15)14-4-3-8(12)6-14/h7-8H,2-6,12H2,1H3/t8-/m1/s1. The van der Waals surface area contributed by atoms with Gasteiger partial charge in [0.2, 0.25) is 5.91 Å². The van der Waals surface area contributed by atoms with Gasteiger partial charge in [-0.05, 0) is 12.8 Å². The molecular formula is C11H17N3OS. The lowest BCUT2D eigenvalue weighted by Gasteiger charge is -2.14. The number of hydrogen-bond acceptors (Lipinski definition) is 4. The van der Waals surface area contributed by atoms with Gasteiger partial charge in [0.15, 0.2) is 0 Å². The molecule has 0 unspecified atom stereocenters. The predicted molar refractivity (Wildman–Crippen MR) is 64.4 cm³/mol. The van der Waals surface area contributed by atoms with Crippen LogP contribution in [0, 0.1) is 0 Å². The van der Waals surface area contributed by atoms with Crippen LogP contribution in [0.15, 0.2) is 5.38 Å². The van der Waals surface area contributed by atoms with Gasteiger partial charge in [-0.25, -0.2) is 4.98 Å². The number of aryl methyl sites for hydroxylation is 1. The first kappa shape index (κ1) is 11.5. The summed E-state index contributed by atoms with van der Waals surface area (Å²) in [7, 11) is 0. The number of aromatic nitrogens is 1. The lowest BCUT2D eigenvalue weighted by Crippen LogP contribution is -2.32. The van der Waals surface area contributed by atoms with Gasteiger partial charge in [-0.1, -0.05) is 6.92 Å². The van der Waals surface area contributed by atoms with E-state index in [9.17, 15) is 4.79 Å². The smallest absolute Gasteiger partial charge is 0.228 e. The number of rotatable bonds is 3. The summed E-state index contributed by atoms with van der Waals surface area (Å²) in [6.07, 6.45) is 2.28. The molecule has 0 spiro atoms. The monoisotopic (exact) mass is 239 g/mol. The minimum absolute atomic E-state index is 0.154. The van der Waals surface area contributed by atoms with Crippen molar-refractivity contribution in [1.29, 1.82) is 0 Å². The fraction of sp³-hybridized carbons (Fsp3) is 0.636. The van der Waals surface area contributed by atoms with Crippen molar-refractivity contribution in [3.8, 4) is 0 Å². The van der Waals surface area contributed by atoms with E-state index in [1.807, 2.05) is 10.3 Å². The molecule has 88 valence electrons. The van der Waals surface area contributed by atoms with Crippen molar-refractivity contribution in [2.24, 2.45) is 5.73 Å². The van der Waals surface area contributed by atoms with Crippen molar-refractivity contribution in [2.45, 2.75) is 32.2 Å². The van der Waals surface area contributed by atoms with Crippen LogP contribution < -0.4 is 5.73 Å². The average Bonchev–Trinajstić information content (AvgIpc) is 2.87. The van der Waals surface area contributed by atoms with E-state index in [1.165, 1.54) is 0 Å². The van der Waals surface area contributed by atoms with Gasteiger partial charge in [0.25, 0.3) is 0 Å². The highest BCUT2D eigenvalue weighted by Crippen LogP contribution is 2.13. The number of amides is 1. The van der Waals surface area contributed by atoms with E-state index in [1.54, 1.807) is 11.3 Å².